The Morgan fingerprint density at radius 2 is 1.59 bits per heavy atom. The van der Waals surface area contributed by atoms with Crippen molar-refractivity contribution in [2.24, 2.45) is 0 Å². The van der Waals surface area contributed by atoms with Gasteiger partial charge in [0, 0.05) is 59.9 Å². The Labute approximate surface area is 264 Å². The lowest BCUT2D eigenvalue weighted by molar-refractivity contribution is -0.438. The van der Waals surface area contributed by atoms with Gasteiger partial charge in [0.2, 0.25) is 5.69 Å². The summed E-state index contributed by atoms with van der Waals surface area (Å²) < 4.78 is 4.78. The normalized spacial score (nSPS) is 20.5. The molecule has 1 aliphatic carbocycles. The van der Waals surface area contributed by atoms with Gasteiger partial charge in [-0.2, -0.15) is 4.58 Å². The van der Waals surface area contributed by atoms with Crippen LogP contribution in [0.15, 0.2) is 108 Å². The largest absolute Gasteiger partial charge is 0.344 e. The number of unbranched alkanes of at least 4 members (excludes halogenated alkanes) is 2. The van der Waals surface area contributed by atoms with Crippen molar-refractivity contribution in [2.45, 2.75) is 90.9 Å². The molecule has 3 aromatic rings. The van der Waals surface area contributed by atoms with Crippen molar-refractivity contribution in [3.05, 3.63) is 120 Å². The standard InChI is InChI=1S/C40H49N4/c1-7-9-26-43-34-17-13-11-15-32(34)39(3,4)36(43)23-21-30-19-20-31(38(30)42-28-25-41-29-42)22-24-37-40(5,6)33-16-12-14-18-35(33)44(37)27-10-8-2/h11-18,21-25,28-29H,7-10,19-20,26-27H2,1-6H3/q+1. The second-order valence-electron chi connectivity index (χ2n) is 13.6. The van der Waals surface area contributed by atoms with Gasteiger partial charge >= 0.3 is 0 Å². The van der Waals surface area contributed by atoms with Gasteiger partial charge in [-0.15, -0.1) is 0 Å². The maximum atomic E-state index is 4.44. The predicted molar refractivity (Wildman–Crippen MR) is 186 cm³/mol. The van der Waals surface area contributed by atoms with Gasteiger partial charge in [-0.3, -0.25) is 0 Å². The van der Waals surface area contributed by atoms with Crippen LogP contribution in [0.2, 0.25) is 0 Å². The first-order valence-electron chi connectivity index (χ1n) is 16.7. The van der Waals surface area contributed by atoms with Crippen LogP contribution >= 0.6 is 0 Å². The van der Waals surface area contributed by atoms with Crippen molar-refractivity contribution >= 4 is 22.8 Å². The first kappa shape index (κ1) is 30.1. The lowest BCUT2D eigenvalue weighted by Crippen LogP contribution is -2.28. The lowest BCUT2D eigenvalue weighted by Gasteiger charge is -2.27. The zero-order chi connectivity index (χ0) is 30.9. The van der Waals surface area contributed by atoms with E-state index >= 15 is 0 Å². The molecule has 0 unspecified atom stereocenters. The highest BCUT2D eigenvalue weighted by atomic mass is 15.2. The number of imidazole rings is 1. The fourth-order valence-electron chi connectivity index (χ4n) is 7.52. The highest BCUT2D eigenvalue weighted by Crippen LogP contribution is 2.48. The molecule has 4 nitrogen and oxygen atoms in total. The minimum Gasteiger partial charge on any atom is -0.344 e. The molecule has 0 saturated carbocycles. The highest BCUT2D eigenvalue weighted by Gasteiger charge is 2.44. The molecule has 0 radical (unpaired) electrons. The molecule has 4 heteroatoms. The molecule has 3 heterocycles. The highest BCUT2D eigenvalue weighted by molar-refractivity contribution is 6.03. The van der Waals surface area contributed by atoms with E-state index in [-0.39, 0.29) is 10.8 Å². The average molecular weight is 586 g/mol. The van der Waals surface area contributed by atoms with Gasteiger partial charge in [0.1, 0.15) is 6.54 Å². The molecule has 0 bridgehead atoms. The minimum absolute atomic E-state index is 0.0384. The van der Waals surface area contributed by atoms with Crippen molar-refractivity contribution in [1.82, 2.24) is 9.55 Å². The van der Waals surface area contributed by atoms with Gasteiger partial charge in [-0.25, -0.2) is 4.98 Å². The molecule has 0 N–H and O–H groups in total. The summed E-state index contributed by atoms with van der Waals surface area (Å²) in [5, 5.41) is 0. The van der Waals surface area contributed by atoms with Crippen LogP contribution in [0.4, 0.5) is 11.4 Å². The number of hydrogen-bond donors (Lipinski definition) is 0. The average Bonchev–Trinajstić information content (AvgIpc) is 3.77. The Balaban J connectivity index is 1.41. The third-order valence-corrected chi connectivity index (χ3v) is 9.99. The maximum absolute atomic E-state index is 4.44. The van der Waals surface area contributed by atoms with Crippen LogP contribution in [0, 0.1) is 0 Å². The molecular weight excluding hydrogens is 536 g/mol. The molecule has 2 aliphatic heterocycles. The quantitative estimate of drug-likeness (QED) is 0.221. The Morgan fingerprint density at radius 1 is 0.841 bits per heavy atom. The second kappa shape index (κ2) is 12.2. The number of fused-ring (bicyclic) bond motifs is 2. The van der Waals surface area contributed by atoms with Crippen LogP contribution in [0.3, 0.4) is 0 Å². The van der Waals surface area contributed by atoms with Crippen LogP contribution in [0.5, 0.6) is 0 Å². The Morgan fingerprint density at radius 3 is 2.34 bits per heavy atom. The number of benzene rings is 2. The number of nitrogens with zero attached hydrogens (tertiary/aromatic N) is 4. The maximum Gasteiger partial charge on any atom is 0.209 e. The van der Waals surface area contributed by atoms with Crippen LogP contribution < -0.4 is 4.90 Å². The van der Waals surface area contributed by atoms with E-state index in [4.69, 9.17) is 0 Å². The molecule has 3 aliphatic rings. The van der Waals surface area contributed by atoms with Gasteiger partial charge in [0.15, 0.2) is 5.71 Å². The van der Waals surface area contributed by atoms with E-state index in [2.05, 4.69) is 140 Å². The topological polar surface area (TPSA) is 24.1 Å². The second-order valence-corrected chi connectivity index (χ2v) is 13.6. The van der Waals surface area contributed by atoms with E-state index < -0.39 is 0 Å². The van der Waals surface area contributed by atoms with E-state index in [0.29, 0.717) is 0 Å². The molecule has 1 aromatic heterocycles. The Hall–Kier alpha value is -3.92. The van der Waals surface area contributed by atoms with E-state index in [9.17, 15) is 0 Å². The fourth-order valence-corrected chi connectivity index (χ4v) is 7.52. The monoisotopic (exact) mass is 585 g/mol. The van der Waals surface area contributed by atoms with Crippen LogP contribution in [-0.2, 0) is 10.8 Å². The molecule has 0 spiro atoms. The van der Waals surface area contributed by atoms with E-state index in [1.165, 1.54) is 76.4 Å². The summed E-state index contributed by atoms with van der Waals surface area (Å²) >= 11 is 0. The van der Waals surface area contributed by atoms with Crippen molar-refractivity contribution in [1.29, 1.82) is 0 Å². The third-order valence-electron chi connectivity index (χ3n) is 9.99. The number of aromatic nitrogens is 2. The van der Waals surface area contributed by atoms with Gasteiger partial charge in [-0.1, -0.05) is 89.1 Å². The summed E-state index contributed by atoms with van der Waals surface area (Å²) in [4.78, 5) is 7.01. The minimum atomic E-state index is -0.0384. The Bertz CT molecular complexity index is 1670. The SMILES string of the molecule is CCCCN1/C(=C/C=C2\CCC(/C=C/C3=[N+](CCCC)c4ccccc4C3(C)C)=C2n2ccnc2)C(C)(C)c2ccccc21. The molecule has 0 fully saturated rings. The van der Waals surface area contributed by atoms with E-state index in [1.807, 2.05) is 12.5 Å². The first-order valence-corrected chi connectivity index (χ1v) is 16.7. The fraction of sp³-hybridized carbons (Fsp3) is 0.400. The van der Waals surface area contributed by atoms with E-state index in [1.54, 1.807) is 0 Å². The number of anilines is 1. The van der Waals surface area contributed by atoms with Gasteiger partial charge in [0.25, 0.3) is 0 Å². The van der Waals surface area contributed by atoms with Crippen LogP contribution in [-0.4, -0.2) is 32.9 Å². The van der Waals surface area contributed by atoms with Crippen LogP contribution in [0.25, 0.3) is 5.70 Å². The molecule has 6 rings (SSSR count). The molecular formula is C40H49N4+. The number of para-hydroxylation sites is 2. The zero-order valence-corrected chi connectivity index (χ0v) is 27.6. The number of allylic oxidation sites excluding steroid dienone is 8. The van der Waals surface area contributed by atoms with Crippen molar-refractivity contribution < 1.29 is 4.58 Å². The molecule has 0 saturated heterocycles. The molecule has 0 atom stereocenters. The van der Waals surface area contributed by atoms with Crippen molar-refractivity contribution in [3.8, 4) is 0 Å². The third kappa shape index (κ3) is 5.23. The van der Waals surface area contributed by atoms with E-state index in [0.717, 1.165) is 25.9 Å². The molecule has 44 heavy (non-hydrogen) atoms. The zero-order valence-electron chi connectivity index (χ0n) is 27.6. The summed E-state index contributed by atoms with van der Waals surface area (Å²) in [5.74, 6) is 0. The molecule has 2 aromatic carbocycles. The first-order chi connectivity index (χ1) is 21.3. The summed E-state index contributed by atoms with van der Waals surface area (Å²) in [6.45, 7) is 16.2. The van der Waals surface area contributed by atoms with Crippen molar-refractivity contribution in [3.63, 3.8) is 0 Å². The van der Waals surface area contributed by atoms with Gasteiger partial charge in [0.05, 0.1) is 17.4 Å². The smallest absolute Gasteiger partial charge is 0.209 e. The van der Waals surface area contributed by atoms with Crippen LogP contribution in [0.1, 0.15) is 91.2 Å². The number of rotatable bonds is 10. The van der Waals surface area contributed by atoms with Gasteiger partial charge in [-0.05, 0) is 62.0 Å². The summed E-state index contributed by atoms with van der Waals surface area (Å²) in [5.41, 5.74) is 12.3. The lowest BCUT2D eigenvalue weighted by atomic mass is 9.81. The van der Waals surface area contributed by atoms with Crippen molar-refractivity contribution in [2.75, 3.05) is 18.0 Å². The number of hydrogen-bond acceptors (Lipinski definition) is 2. The van der Waals surface area contributed by atoms with Gasteiger partial charge < -0.3 is 9.47 Å². The summed E-state index contributed by atoms with van der Waals surface area (Å²) in [6, 6.07) is 17.9. The molecule has 228 valence electrons. The Kier molecular flexibility index (Phi) is 8.37. The predicted octanol–water partition coefficient (Wildman–Crippen LogP) is 9.73. The summed E-state index contributed by atoms with van der Waals surface area (Å²) in [7, 11) is 0. The molecule has 0 amide bonds. The summed E-state index contributed by atoms with van der Waals surface area (Å²) in [6.07, 6.45) is 22.3.